The van der Waals surface area contributed by atoms with Crippen LogP contribution in [0.25, 0.3) is 0 Å². The third-order valence-electron chi connectivity index (χ3n) is 2.25. The largest absolute Gasteiger partial charge is 0.327 e. The fourth-order valence-corrected chi connectivity index (χ4v) is 1.86. The summed E-state index contributed by atoms with van der Waals surface area (Å²) in [6, 6.07) is 9.65. The van der Waals surface area contributed by atoms with Gasteiger partial charge in [0.15, 0.2) is 5.11 Å². The van der Waals surface area contributed by atoms with Crippen molar-refractivity contribution >= 4 is 34.8 Å². The van der Waals surface area contributed by atoms with Gasteiger partial charge < -0.3 is 5.32 Å². The zero-order chi connectivity index (χ0) is 11.5. The maximum Gasteiger partial charge on any atom is 0.277 e. The smallest absolute Gasteiger partial charge is 0.277 e. The molecule has 0 unspecified atom stereocenters. The topological polar surface area (TPSA) is 32.3 Å². The fraction of sp³-hybridized carbons (Fsp3) is 0.0909. The highest BCUT2D eigenvalue weighted by atomic mass is 35.5. The van der Waals surface area contributed by atoms with Crippen LogP contribution in [0.2, 0.25) is 0 Å². The van der Waals surface area contributed by atoms with Crippen molar-refractivity contribution in [3.8, 4) is 0 Å². The van der Waals surface area contributed by atoms with Crippen molar-refractivity contribution in [1.29, 1.82) is 0 Å². The highest BCUT2D eigenvalue weighted by Gasteiger charge is 2.30. The molecule has 1 N–H and O–H groups in total. The van der Waals surface area contributed by atoms with E-state index in [0.717, 1.165) is 5.56 Å². The summed E-state index contributed by atoms with van der Waals surface area (Å²) >= 11 is 10.6. The molecular weight excluding hydrogens is 244 g/mol. The van der Waals surface area contributed by atoms with Gasteiger partial charge in [-0.25, -0.2) is 0 Å². The molecule has 1 fully saturated rings. The predicted molar refractivity (Wildman–Crippen MR) is 66.7 cm³/mol. The number of rotatable bonds is 2. The molecule has 0 aliphatic carbocycles. The summed E-state index contributed by atoms with van der Waals surface area (Å²) in [5.41, 5.74) is 2.55. The van der Waals surface area contributed by atoms with Gasteiger partial charge in [-0.05, 0) is 17.8 Å². The normalized spacial score (nSPS) is 18.1. The molecule has 1 heterocycles. The number of benzene rings is 1. The lowest BCUT2D eigenvalue weighted by Gasteiger charge is -2.13. The van der Waals surface area contributed by atoms with Gasteiger partial charge in [-0.3, -0.25) is 9.69 Å². The Morgan fingerprint density at radius 3 is 2.62 bits per heavy atom. The first kappa shape index (κ1) is 11.1. The molecule has 1 saturated heterocycles. The lowest BCUT2D eigenvalue weighted by Crippen LogP contribution is -2.29. The van der Waals surface area contributed by atoms with Crippen LogP contribution in [0.3, 0.4) is 0 Å². The van der Waals surface area contributed by atoms with Gasteiger partial charge in [0.25, 0.3) is 5.91 Å². The van der Waals surface area contributed by atoms with E-state index in [9.17, 15) is 4.79 Å². The van der Waals surface area contributed by atoms with Crippen molar-refractivity contribution in [1.82, 2.24) is 10.2 Å². The fourth-order valence-electron chi connectivity index (χ4n) is 1.46. The Kier molecular flexibility index (Phi) is 3.22. The Morgan fingerprint density at radius 1 is 1.38 bits per heavy atom. The average molecular weight is 253 g/mol. The van der Waals surface area contributed by atoms with E-state index in [0.29, 0.717) is 17.4 Å². The second-order valence-corrected chi connectivity index (χ2v) is 3.93. The summed E-state index contributed by atoms with van der Waals surface area (Å²) in [6.07, 6.45) is 0. The van der Waals surface area contributed by atoms with Crippen molar-refractivity contribution in [3.05, 3.63) is 47.1 Å². The SMILES string of the molecule is O=C1/C(=C/Cl)NC(=S)N1Cc1ccccc1. The summed E-state index contributed by atoms with van der Waals surface area (Å²) in [5.74, 6) is -0.191. The van der Waals surface area contributed by atoms with Crippen molar-refractivity contribution in [2.75, 3.05) is 0 Å². The molecule has 0 saturated carbocycles. The predicted octanol–water partition coefficient (Wildman–Crippen LogP) is 1.98. The van der Waals surface area contributed by atoms with Crippen LogP contribution in [0, 0.1) is 0 Å². The third kappa shape index (κ3) is 2.08. The van der Waals surface area contributed by atoms with Crippen LogP contribution in [0.1, 0.15) is 5.56 Å². The second-order valence-electron chi connectivity index (χ2n) is 3.33. The summed E-state index contributed by atoms with van der Waals surface area (Å²) in [6.45, 7) is 0.458. The number of nitrogens with one attached hydrogen (secondary N) is 1. The summed E-state index contributed by atoms with van der Waals surface area (Å²) in [7, 11) is 0. The lowest BCUT2D eigenvalue weighted by molar-refractivity contribution is -0.122. The number of carbonyl (C=O) groups excluding carboxylic acids is 1. The van der Waals surface area contributed by atoms with E-state index in [1.807, 2.05) is 30.3 Å². The first-order chi connectivity index (χ1) is 7.72. The van der Waals surface area contributed by atoms with Gasteiger partial charge in [-0.2, -0.15) is 0 Å². The Hall–Kier alpha value is -1.39. The molecule has 0 bridgehead atoms. The summed E-state index contributed by atoms with van der Waals surface area (Å²) < 4.78 is 0. The van der Waals surface area contributed by atoms with Crippen molar-refractivity contribution < 1.29 is 4.79 Å². The Bertz CT molecular complexity index is 458. The molecule has 0 radical (unpaired) electrons. The number of halogens is 1. The van der Waals surface area contributed by atoms with E-state index in [1.54, 1.807) is 0 Å². The van der Waals surface area contributed by atoms with E-state index in [-0.39, 0.29) is 5.91 Å². The van der Waals surface area contributed by atoms with Gasteiger partial charge in [-0.1, -0.05) is 41.9 Å². The number of carbonyl (C=O) groups is 1. The van der Waals surface area contributed by atoms with Crippen LogP contribution in [-0.2, 0) is 11.3 Å². The van der Waals surface area contributed by atoms with Crippen LogP contribution in [-0.4, -0.2) is 15.9 Å². The Labute approximate surface area is 104 Å². The third-order valence-corrected chi connectivity index (χ3v) is 2.80. The van der Waals surface area contributed by atoms with Gasteiger partial charge in [0.05, 0.1) is 6.54 Å². The van der Waals surface area contributed by atoms with Gasteiger partial charge in [-0.15, -0.1) is 0 Å². The molecule has 82 valence electrons. The van der Waals surface area contributed by atoms with E-state index in [1.165, 1.54) is 10.4 Å². The molecule has 1 aliphatic heterocycles. The molecule has 1 aromatic rings. The highest BCUT2D eigenvalue weighted by molar-refractivity contribution is 7.80. The van der Waals surface area contributed by atoms with Crippen LogP contribution < -0.4 is 5.32 Å². The number of hydrogen-bond acceptors (Lipinski definition) is 2. The van der Waals surface area contributed by atoms with E-state index >= 15 is 0 Å². The van der Waals surface area contributed by atoms with Gasteiger partial charge >= 0.3 is 0 Å². The molecule has 5 heteroatoms. The molecule has 0 aromatic heterocycles. The zero-order valence-corrected chi connectivity index (χ0v) is 9.89. The van der Waals surface area contributed by atoms with E-state index in [2.05, 4.69) is 5.32 Å². The number of thiocarbonyl (C=S) groups is 1. The molecule has 16 heavy (non-hydrogen) atoms. The Balaban J connectivity index is 2.17. The van der Waals surface area contributed by atoms with Gasteiger partial charge in [0, 0.05) is 5.54 Å². The van der Waals surface area contributed by atoms with Crippen molar-refractivity contribution in [3.63, 3.8) is 0 Å². The maximum atomic E-state index is 11.8. The molecule has 0 atom stereocenters. The molecule has 0 spiro atoms. The van der Waals surface area contributed by atoms with Crippen LogP contribution >= 0.6 is 23.8 Å². The molecule has 1 aromatic carbocycles. The molecule has 2 rings (SSSR count). The van der Waals surface area contributed by atoms with Crippen molar-refractivity contribution in [2.24, 2.45) is 0 Å². The minimum atomic E-state index is -0.191. The van der Waals surface area contributed by atoms with Crippen LogP contribution in [0.15, 0.2) is 41.6 Å². The first-order valence-corrected chi connectivity index (χ1v) is 5.54. The minimum absolute atomic E-state index is 0.191. The minimum Gasteiger partial charge on any atom is -0.327 e. The van der Waals surface area contributed by atoms with Gasteiger partial charge in [0.2, 0.25) is 0 Å². The molecule has 3 nitrogen and oxygen atoms in total. The highest BCUT2D eigenvalue weighted by Crippen LogP contribution is 2.14. The summed E-state index contributed by atoms with van der Waals surface area (Å²) in [5, 5.41) is 3.15. The number of hydrogen-bond donors (Lipinski definition) is 1. The quantitative estimate of drug-likeness (QED) is 0.645. The summed E-state index contributed by atoms with van der Waals surface area (Å²) in [4.78, 5) is 13.3. The lowest BCUT2D eigenvalue weighted by atomic mass is 10.2. The van der Waals surface area contributed by atoms with Crippen molar-refractivity contribution in [2.45, 2.75) is 6.54 Å². The van der Waals surface area contributed by atoms with E-state index in [4.69, 9.17) is 23.8 Å². The van der Waals surface area contributed by atoms with Gasteiger partial charge in [0.1, 0.15) is 5.70 Å². The zero-order valence-electron chi connectivity index (χ0n) is 8.31. The van der Waals surface area contributed by atoms with Crippen LogP contribution in [0.4, 0.5) is 0 Å². The second kappa shape index (κ2) is 4.63. The average Bonchev–Trinajstić information content (AvgIpc) is 2.58. The van der Waals surface area contributed by atoms with E-state index < -0.39 is 0 Å². The standard InChI is InChI=1S/C11H9ClN2OS/c12-6-9-10(15)14(11(16)13-9)7-8-4-2-1-3-5-8/h1-6H,7H2,(H,13,16)/b9-6-. The molecule has 1 amide bonds. The number of nitrogens with zero attached hydrogens (tertiary/aromatic N) is 1. The maximum absolute atomic E-state index is 11.8. The Morgan fingerprint density at radius 2 is 2.06 bits per heavy atom. The first-order valence-electron chi connectivity index (χ1n) is 4.69. The number of amides is 1. The molecule has 1 aliphatic rings. The monoisotopic (exact) mass is 252 g/mol. The molecular formula is C11H9ClN2OS. The van der Waals surface area contributed by atoms with Crippen LogP contribution in [0.5, 0.6) is 0 Å².